The molecule has 0 saturated heterocycles. The smallest absolute Gasteiger partial charge is 0.340 e. The number of hydrogen-bond donors (Lipinski definition) is 0. The molecule has 0 aliphatic heterocycles. The molecule has 0 amide bonds. The summed E-state index contributed by atoms with van der Waals surface area (Å²) < 4.78 is 4.50. The molecule has 0 radical (unpaired) electrons. The van der Waals surface area contributed by atoms with Crippen molar-refractivity contribution < 1.29 is 9.53 Å². The molecular weight excluding hydrogens is 154 g/mol. The fourth-order valence-electron chi connectivity index (χ4n) is 0.793. The van der Waals surface area contributed by atoms with Crippen molar-refractivity contribution in [2.45, 2.75) is 0 Å². The van der Waals surface area contributed by atoms with E-state index in [9.17, 15) is 4.79 Å². The van der Waals surface area contributed by atoms with Crippen LogP contribution in [0.15, 0.2) is 18.5 Å². The van der Waals surface area contributed by atoms with Crippen LogP contribution in [0.2, 0.25) is 0 Å². The molecule has 0 saturated carbocycles. The molecule has 0 atom stereocenters. The maximum absolute atomic E-state index is 11.0. The van der Waals surface area contributed by atoms with Crippen molar-refractivity contribution in [3.8, 4) is 12.3 Å². The second-order valence-corrected chi connectivity index (χ2v) is 2.06. The van der Waals surface area contributed by atoms with Crippen LogP contribution in [0.4, 0.5) is 0 Å². The number of methoxy groups -OCH3 is 1. The molecule has 0 spiro atoms. The minimum absolute atomic E-state index is 0.322. The molecule has 0 N–H and O–H groups in total. The quantitative estimate of drug-likeness (QED) is 0.452. The van der Waals surface area contributed by atoms with Gasteiger partial charge in [-0.2, -0.15) is 0 Å². The number of terminal acetylenes is 1. The summed E-state index contributed by atoms with van der Waals surface area (Å²) >= 11 is 0. The third-order valence-corrected chi connectivity index (χ3v) is 1.38. The van der Waals surface area contributed by atoms with Gasteiger partial charge >= 0.3 is 5.97 Å². The summed E-state index contributed by atoms with van der Waals surface area (Å²) in [6, 6.07) is 1.59. The lowest BCUT2D eigenvalue weighted by atomic mass is 10.1. The second-order valence-electron chi connectivity index (χ2n) is 2.06. The third kappa shape index (κ3) is 1.43. The molecule has 3 heteroatoms. The largest absolute Gasteiger partial charge is 0.465 e. The van der Waals surface area contributed by atoms with Gasteiger partial charge in [0, 0.05) is 18.0 Å². The zero-order valence-corrected chi connectivity index (χ0v) is 6.57. The van der Waals surface area contributed by atoms with Crippen LogP contribution in [-0.2, 0) is 4.74 Å². The molecule has 1 aromatic rings. The molecule has 3 nitrogen and oxygen atoms in total. The Labute approximate surface area is 70.4 Å². The first-order valence-electron chi connectivity index (χ1n) is 3.28. The molecule has 0 fully saturated rings. The molecule has 0 aliphatic rings. The van der Waals surface area contributed by atoms with Crippen LogP contribution in [0.25, 0.3) is 0 Å². The van der Waals surface area contributed by atoms with Crippen LogP contribution in [-0.4, -0.2) is 18.1 Å². The highest BCUT2D eigenvalue weighted by Crippen LogP contribution is 2.05. The lowest BCUT2D eigenvalue weighted by Gasteiger charge is -1.99. The minimum Gasteiger partial charge on any atom is -0.465 e. The summed E-state index contributed by atoms with van der Waals surface area (Å²) in [7, 11) is 1.30. The van der Waals surface area contributed by atoms with Crippen LogP contribution < -0.4 is 0 Å². The Balaban J connectivity index is 3.16. The molecule has 1 aromatic heterocycles. The maximum atomic E-state index is 11.0. The van der Waals surface area contributed by atoms with Crippen molar-refractivity contribution in [3.05, 3.63) is 29.6 Å². The molecule has 0 unspecified atom stereocenters. The monoisotopic (exact) mass is 161 g/mol. The zero-order chi connectivity index (χ0) is 8.97. The van der Waals surface area contributed by atoms with Gasteiger partial charge in [-0.05, 0) is 6.07 Å². The number of carbonyl (C=O) groups excluding carboxylic acids is 1. The van der Waals surface area contributed by atoms with Crippen LogP contribution >= 0.6 is 0 Å². The fraction of sp³-hybridized carbons (Fsp3) is 0.111. The Morgan fingerprint density at radius 2 is 2.50 bits per heavy atom. The summed E-state index contributed by atoms with van der Waals surface area (Å²) in [6.45, 7) is 0. The van der Waals surface area contributed by atoms with Crippen LogP contribution in [0.3, 0.4) is 0 Å². The lowest BCUT2D eigenvalue weighted by molar-refractivity contribution is 0.0600. The number of aromatic nitrogens is 1. The molecule has 60 valence electrons. The van der Waals surface area contributed by atoms with Crippen molar-refractivity contribution in [1.82, 2.24) is 4.98 Å². The van der Waals surface area contributed by atoms with E-state index < -0.39 is 5.97 Å². The lowest BCUT2D eigenvalue weighted by Crippen LogP contribution is -2.04. The van der Waals surface area contributed by atoms with Gasteiger partial charge in [-0.1, -0.05) is 5.92 Å². The summed E-state index contributed by atoms with van der Waals surface area (Å²) in [4.78, 5) is 14.8. The minimum atomic E-state index is -0.462. The van der Waals surface area contributed by atoms with Crippen molar-refractivity contribution in [2.75, 3.05) is 7.11 Å². The van der Waals surface area contributed by atoms with Gasteiger partial charge in [0.1, 0.15) is 0 Å². The Kier molecular flexibility index (Phi) is 2.44. The van der Waals surface area contributed by atoms with Crippen molar-refractivity contribution in [1.29, 1.82) is 0 Å². The molecule has 0 bridgehead atoms. The first kappa shape index (κ1) is 8.28. The van der Waals surface area contributed by atoms with Crippen molar-refractivity contribution in [3.63, 3.8) is 0 Å². The zero-order valence-electron chi connectivity index (χ0n) is 6.57. The van der Waals surface area contributed by atoms with E-state index in [4.69, 9.17) is 6.42 Å². The molecule has 12 heavy (non-hydrogen) atoms. The summed E-state index contributed by atoms with van der Waals surface area (Å²) in [5.41, 5.74) is 0.819. The van der Waals surface area contributed by atoms with Gasteiger partial charge in [0.15, 0.2) is 0 Å². The summed E-state index contributed by atoms with van der Waals surface area (Å²) in [5, 5.41) is 0. The Hall–Kier alpha value is -1.82. The number of rotatable bonds is 1. The van der Waals surface area contributed by atoms with E-state index in [-0.39, 0.29) is 0 Å². The molecule has 1 rings (SSSR count). The second kappa shape index (κ2) is 3.54. The predicted molar refractivity (Wildman–Crippen MR) is 43.5 cm³/mol. The number of nitrogens with zero attached hydrogens (tertiary/aromatic N) is 1. The Morgan fingerprint density at radius 1 is 1.75 bits per heavy atom. The van der Waals surface area contributed by atoms with Gasteiger partial charge in [-0.15, -0.1) is 6.42 Å². The predicted octanol–water partition coefficient (Wildman–Crippen LogP) is 0.849. The van der Waals surface area contributed by atoms with Gasteiger partial charge in [-0.25, -0.2) is 4.79 Å². The van der Waals surface area contributed by atoms with Crippen molar-refractivity contribution >= 4 is 5.97 Å². The van der Waals surface area contributed by atoms with E-state index >= 15 is 0 Å². The van der Waals surface area contributed by atoms with Crippen molar-refractivity contribution in [2.24, 2.45) is 0 Å². The third-order valence-electron chi connectivity index (χ3n) is 1.38. The van der Waals surface area contributed by atoms with E-state index in [1.165, 1.54) is 19.5 Å². The highest BCUT2D eigenvalue weighted by molar-refractivity contribution is 5.91. The van der Waals surface area contributed by atoms with E-state index in [0.29, 0.717) is 11.1 Å². The fourth-order valence-corrected chi connectivity index (χ4v) is 0.793. The standard InChI is InChI=1S/C9H7NO2/c1-3-7-4-5-10-6-8(7)9(11)12-2/h1,4-6H,2H3. The molecule has 0 aromatic carbocycles. The number of ether oxygens (including phenoxy) is 1. The average Bonchev–Trinajstić information content (AvgIpc) is 2.16. The van der Waals surface area contributed by atoms with Crippen LogP contribution in [0.5, 0.6) is 0 Å². The Morgan fingerprint density at radius 3 is 3.08 bits per heavy atom. The first-order valence-corrected chi connectivity index (χ1v) is 3.28. The normalized spacial score (nSPS) is 8.67. The van der Waals surface area contributed by atoms with Crippen LogP contribution in [0.1, 0.15) is 15.9 Å². The van der Waals surface area contributed by atoms with E-state index in [0.717, 1.165) is 0 Å². The highest BCUT2D eigenvalue weighted by atomic mass is 16.5. The van der Waals surface area contributed by atoms with Gasteiger partial charge in [0.05, 0.1) is 12.7 Å². The SMILES string of the molecule is C#Cc1ccncc1C(=O)OC. The van der Waals surface area contributed by atoms with E-state index in [2.05, 4.69) is 15.6 Å². The van der Waals surface area contributed by atoms with Crippen LogP contribution in [0, 0.1) is 12.3 Å². The Bertz CT molecular complexity index is 339. The highest BCUT2D eigenvalue weighted by Gasteiger charge is 2.08. The van der Waals surface area contributed by atoms with Gasteiger partial charge in [-0.3, -0.25) is 4.98 Å². The van der Waals surface area contributed by atoms with E-state index in [1.807, 2.05) is 0 Å². The average molecular weight is 161 g/mol. The first-order chi connectivity index (χ1) is 5.79. The number of hydrogen-bond acceptors (Lipinski definition) is 3. The maximum Gasteiger partial charge on any atom is 0.340 e. The van der Waals surface area contributed by atoms with Gasteiger partial charge in [0.2, 0.25) is 0 Å². The summed E-state index contributed by atoms with van der Waals surface area (Å²) in [6.07, 6.45) is 8.08. The van der Waals surface area contributed by atoms with Gasteiger partial charge in [0.25, 0.3) is 0 Å². The molecular formula is C9H7NO2. The topological polar surface area (TPSA) is 39.2 Å². The summed E-state index contributed by atoms with van der Waals surface area (Å²) in [5.74, 6) is 1.91. The van der Waals surface area contributed by atoms with E-state index in [1.54, 1.807) is 6.07 Å². The van der Waals surface area contributed by atoms with Gasteiger partial charge < -0.3 is 4.74 Å². The molecule has 1 heterocycles. The number of pyridine rings is 1. The molecule has 0 aliphatic carbocycles. The number of carbonyl (C=O) groups is 1. The number of esters is 1.